The molecule has 2 aromatic rings. The molecule has 0 bridgehead atoms. The number of methoxy groups -OCH3 is 1. The summed E-state index contributed by atoms with van der Waals surface area (Å²) in [6.07, 6.45) is 1.32. The molecular weight excluding hydrogens is 359 g/mol. The van der Waals surface area contributed by atoms with Crippen molar-refractivity contribution >= 4 is 29.1 Å². The number of rotatable bonds is 4. The Morgan fingerprint density at radius 2 is 1.81 bits per heavy atom. The molecule has 2 amide bonds. The number of anilines is 1. The predicted octanol–water partition coefficient (Wildman–Crippen LogP) is 2.72. The Hall–Kier alpha value is -2.44. The summed E-state index contributed by atoms with van der Waals surface area (Å²) >= 11 is 5.66. The number of hydrogen-bond donors (Lipinski definition) is 2. The zero-order chi connectivity index (χ0) is 18.7. The van der Waals surface area contributed by atoms with Crippen LogP contribution in [0.5, 0.6) is 0 Å². The zero-order valence-electron chi connectivity index (χ0n) is 14.1. The fourth-order valence-corrected chi connectivity index (χ4v) is 3.26. The van der Waals surface area contributed by atoms with Crippen LogP contribution >= 0.6 is 11.6 Å². The summed E-state index contributed by atoms with van der Waals surface area (Å²) in [7, 11) is 1.60. The zero-order valence-corrected chi connectivity index (χ0v) is 14.9. The maximum absolute atomic E-state index is 13.1. The molecule has 5 nitrogen and oxygen atoms in total. The third-order valence-corrected chi connectivity index (χ3v) is 4.82. The highest BCUT2D eigenvalue weighted by Gasteiger charge is 2.37. The summed E-state index contributed by atoms with van der Waals surface area (Å²) in [5.74, 6) is -2.25. The molecule has 136 valence electrons. The summed E-state index contributed by atoms with van der Waals surface area (Å²) in [4.78, 5) is 24.1. The molecule has 0 unspecified atom stereocenters. The predicted molar refractivity (Wildman–Crippen MR) is 96.6 cm³/mol. The standard InChI is InChI=1S/C19H18ClFN2O3/c1-26-19(9-12-4-2-3-5-13(12)10-19)11-22-17(24)18(25)23-14-6-7-16(21)15(20)8-14/h2-8H,9-11H2,1H3,(H,22,24)(H,23,25). The summed E-state index contributed by atoms with van der Waals surface area (Å²) in [5, 5.41) is 4.87. The molecular formula is C19H18ClFN2O3. The van der Waals surface area contributed by atoms with Gasteiger partial charge in [-0.3, -0.25) is 9.59 Å². The molecule has 0 aliphatic heterocycles. The second-order valence-corrected chi connectivity index (χ2v) is 6.68. The molecule has 26 heavy (non-hydrogen) atoms. The first-order chi connectivity index (χ1) is 12.4. The fourth-order valence-electron chi connectivity index (χ4n) is 3.08. The average Bonchev–Trinajstić information content (AvgIpc) is 3.02. The first-order valence-corrected chi connectivity index (χ1v) is 8.46. The van der Waals surface area contributed by atoms with Gasteiger partial charge in [0.1, 0.15) is 5.82 Å². The van der Waals surface area contributed by atoms with Gasteiger partial charge in [-0.25, -0.2) is 4.39 Å². The van der Waals surface area contributed by atoms with Crippen molar-refractivity contribution in [3.05, 3.63) is 64.4 Å². The molecule has 7 heteroatoms. The molecule has 0 aromatic heterocycles. The number of hydrogen-bond acceptors (Lipinski definition) is 3. The number of amides is 2. The van der Waals surface area contributed by atoms with Crippen LogP contribution in [0.3, 0.4) is 0 Å². The summed E-state index contributed by atoms with van der Waals surface area (Å²) < 4.78 is 18.8. The van der Waals surface area contributed by atoms with E-state index in [9.17, 15) is 14.0 Å². The van der Waals surface area contributed by atoms with E-state index in [2.05, 4.69) is 10.6 Å². The lowest BCUT2D eigenvalue weighted by Gasteiger charge is -2.27. The summed E-state index contributed by atoms with van der Waals surface area (Å²) in [6, 6.07) is 11.7. The van der Waals surface area contributed by atoms with Gasteiger partial charge in [0.25, 0.3) is 0 Å². The van der Waals surface area contributed by atoms with E-state index in [1.54, 1.807) is 7.11 Å². The molecule has 0 radical (unpaired) electrons. The lowest BCUT2D eigenvalue weighted by Crippen LogP contribution is -2.48. The Morgan fingerprint density at radius 1 is 1.15 bits per heavy atom. The quantitative estimate of drug-likeness (QED) is 0.806. The Bertz CT molecular complexity index is 831. The molecule has 0 spiro atoms. The molecule has 2 N–H and O–H groups in total. The van der Waals surface area contributed by atoms with Gasteiger partial charge < -0.3 is 15.4 Å². The normalized spacial score (nSPS) is 14.6. The monoisotopic (exact) mass is 376 g/mol. The van der Waals surface area contributed by atoms with Crippen LogP contribution in [0.15, 0.2) is 42.5 Å². The van der Waals surface area contributed by atoms with Crippen molar-refractivity contribution < 1.29 is 18.7 Å². The van der Waals surface area contributed by atoms with E-state index >= 15 is 0 Å². The summed E-state index contributed by atoms with van der Waals surface area (Å²) in [5.41, 5.74) is 2.02. The van der Waals surface area contributed by atoms with Crippen molar-refractivity contribution in [2.24, 2.45) is 0 Å². The van der Waals surface area contributed by atoms with Crippen molar-refractivity contribution in [2.45, 2.75) is 18.4 Å². The van der Waals surface area contributed by atoms with Gasteiger partial charge in [0.05, 0.1) is 10.6 Å². The maximum Gasteiger partial charge on any atom is 0.313 e. The van der Waals surface area contributed by atoms with E-state index in [4.69, 9.17) is 16.3 Å². The van der Waals surface area contributed by atoms with Crippen LogP contribution in [0, 0.1) is 5.82 Å². The first kappa shape index (κ1) is 18.4. The molecule has 0 fully saturated rings. The molecule has 2 aromatic carbocycles. The lowest BCUT2D eigenvalue weighted by molar-refractivity contribution is -0.137. The highest BCUT2D eigenvalue weighted by atomic mass is 35.5. The van der Waals surface area contributed by atoms with E-state index in [0.29, 0.717) is 12.8 Å². The molecule has 0 atom stereocenters. The first-order valence-electron chi connectivity index (χ1n) is 8.09. The molecule has 1 aliphatic carbocycles. The van der Waals surface area contributed by atoms with Crippen LogP contribution in [-0.4, -0.2) is 31.1 Å². The topological polar surface area (TPSA) is 67.4 Å². The van der Waals surface area contributed by atoms with Crippen molar-refractivity contribution in [2.75, 3.05) is 19.0 Å². The Kier molecular flexibility index (Phi) is 5.25. The van der Waals surface area contributed by atoms with E-state index in [-0.39, 0.29) is 17.3 Å². The van der Waals surface area contributed by atoms with Crippen molar-refractivity contribution in [3.8, 4) is 0 Å². The van der Waals surface area contributed by atoms with E-state index in [0.717, 1.165) is 6.07 Å². The van der Waals surface area contributed by atoms with Gasteiger partial charge in [0, 0.05) is 32.2 Å². The van der Waals surface area contributed by atoms with E-state index in [1.165, 1.54) is 23.3 Å². The number of fused-ring (bicyclic) bond motifs is 1. The second kappa shape index (κ2) is 7.43. The van der Waals surface area contributed by atoms with E-state index in [1.807, 2.05) is 24.3 Å². The average molecular weight is 377 g/mol. The van der Waals surface area contributed by atoms with Gasteiger partial charge in [-0.15, -0.1) is 0 Å². The largest absolute Gasteiger partial charge is 0.376 e. The SMILES string of the molecule is COC1(CNC(=O)C(=O)Nc2ccc(F)c(Cl)c2)Cc2ccccc2C1. The van der Waals surface area contributed by atoms with Gasteiger partial charge in [-0.05, 0) is 29.3 Å². The van der Waals surface area contributed by atoms with Crippen LogP contribution < -0.4 is 10.6 Å². The van der Waals surface area contributed by atoms with Gasteiger partial charge in [0.2, 0.25) is 0 Å². The van der Waals surface area contributed by atoms with Crippen molar-refractivity contribution in [1.82, 2.24) is 5.32 Å². The van der Waals surface area contributed by atoms with E-state index < -0.39 is 23.2 Å². The number of carbonyl (C=O) groups excluding carboxylic acids is 2. The Labute approximate surface area is 155 Å². The van der Waals surface area contributed by atoms with Gasteiger partial charge in [0.15, 0.2) is 0 Å². The van der Waals surface area contributed by atoms with Crippen molar-refractivity contribution in [3.63, 3.8) is 0 Å². The second-order valence-electron chi connectivity index (χ2n) is 6.28. The van der Waals surface area contributed by atoms with Gasteiger partial charge >= 0.3 is 11.8 Å². The van der Waals surface area contributed by atoms with Crippen LogP contribution in [-0.2, 0) is 27.2 Å². The third-order valence-electron chi connectivity index (χ3n) is 4.53. The highest BCUT2D eigenvalue weighted by Crippen LogP contribution is 2.32. The minimum atomic E-state index is -0.852. The molecule has 0 saturated carbocycles. The van der Waals surface area contributed by atoms with Crippen LogP contribution in [0.1, 0.15) is 11.1 Å². The Balaban J connectivity index is 1.59. The third kappa shape index (κ3) is 3.86. The minimum Gasteiger partial charge on any atom is -0.376 e. The van der Waals surface area contributed by atoms with Gasteiger partial charge in [-0.1, -0.05) is 35.9 Å². The van der Waals surface area contributed by atoms with Crippen molar-refractivity contribution in [1.29, 1.82) is 0 Å². The highest BCUT2D eigenvalue weighted by molar-refractivity contribution is 6.39. The van der Waals surface area contributed by atoms with Crippen LogP contribution in [0.4, 0.5) is 10.1 Å². The molecule has 0 saturated heterocycles. The summed E-state index contributed by atoms with van der Waals surface area (Å²) in [6.45, 7) is 0.203. The minimum absolute atomic E-state index is 0.134. The number of ether oxygens (including phenoxy) is 1. The number of carbonyl (C=O) groups is 2. The maximum atomic E-state index is 13.1. The number of nitrogens with one attached hydrogen (secondary N) is 2. The molecule has 3 rings (SSSR count). The van der Waals surface area contributed by atoms with Gasteiger partial charge in [-0.2, -0.15) is 0 Å². The van der Waals surface area contributed by atoms with Crippen LogP contribution in [0.2, 0.25) is 5.02 Å². The fraction of sp³-hybridized carbons (Fsp3) is 0.263. The lowest BCUT2D eigenvalue weighted by atomic mass is 10.00. The Morgan fingerprint density at radius 3 is 2.38 bits per heavy atom. The van der Waals surface area contributed by atoms with Crippen LogP contribution in [0.25, 0.3) is 0 Å². The molecule has 0 heterocycles. The smallest absolute Gasteiger partial charge is 0.313 e. The number of benzene rings is 2. The number of halogens is 2. The molecule has 1 aliphatic rings.